The van der Waals surface area contributed by atoms with Crippen molar-refractivity contribution in [3.8, 4) is 17.2 Å². The summed E-state index contributed by atoms with van der Waals surface area (Å²) in [6.07, 6.45) is 0.0386. The molecule has 1 heterocycles. The fraction of sp³-hybridized carbons (Fsp3) is 0.241. The molecule has 0 bridgehead atoms. The number of para-hydroxylation sites is 1. The van der Waals surface area contributed by atoms with Gasteiger partial charge >= 0.3 is 0 Å². The fourth-order valence-electron chi connectivity index (χ4n) is 4.33. The molecule has 1 unspecified atom stereocenters. The molecule has 36 heavy (non-hydrogen) atoms. The maximum atomic E-state index is 13.3. The Morgan fingerprint density at radius 3 is 2.31 bits per heavy atom. The molecule has 186 valence electrons. The first kappa shape index (κ1) is 24.9. The molecule has 4 rings (SSSR count). The van der Waals surface area contributed by atoms with E-state index in [1.807, 2.05) is 38.1 Å². The van der Waals surface area contributed by atoms with Gasteiger partial charge in [0, 0.05) is 6.54 Å². The van der Waals surface area contributed by atoms with Crippen molar-refractivity contribution in [2.24, 2.45) is 0 Å². The van der Waals surface area contributed by atoms with E-state index in [-0.39, 0.29) is 24.0 Å². The first-order valence-electron chi connectivity index (χ1n) is 11.7. The van der Waals surface area contributed by atoms with E-state index in [1.54, 1.807) is 55.6 Å². The summed E-state index contributed by atoms with van der Waals surface area (Å²) in [7, 11) is 3.03. The molecule has 7 heteroatoms. The third-order valence-electron chi connectivity index (χ3n) is 5.96. The molecular weight excluding hydrogens is 458 g/mol. The van der Waals surface area contributed by atoms with Gasteiger partial charge in [-0.1, -0.05) is 36.4 Å². The fourth-order valence-corrected chi connectivity index (χ4v) is 4.33. The number of ketones is 1. The number of carbonyl (C=O) groups is 2. The third-order valence-corrected chi connectivity index (χ3v) is 5.96. The van der Waals surface area contributed by atoms with E-state index in [9.17, 15) is 14.7 Å². The molecule has 0 saturated carbocycles. The minimum atomic E-state index is -0.823. The number of hydrogen-bond donors (Lipinski definition) is 1. The number of hydrogen-bond acceptors (Lipinski definition) is 6. The van der Waals surface area contributed by atoms with Crippen molar-refractivity contribution >= 4 is 17.4 Å². The van der Waals surface area contributed by atoms with Gasteiger partial charge in [0.1, 0.15) is 23.0 Å². The second kappa shape index (κ2) is 10.6. The second-order valence-electron chi connectivity index (χ2n) is 8.71. The topological polar surface area (TPSA) is 85.3 Å². The van der Waals surface area contributed by atoms with Crippen LogP contribution in [0, 0.1) is 0 Å². The molecule has 1 amide bonds. The molecule has 1 saturated heterocycles. The molecule has 1 N–H and O–H groups in total. The number of carbonyl (C=O) groups excluding carboxylic acids is 2. The van der Waals surface area contributed by atoms with Gasteiger partial charge in [0.25, 0.3) is 11.7 Å². The van der Waals surface area contributed by atoms with Crippen LogP contribution in [0.1, 0.15) is 36.6 Å². The van der Waals surface area contributed by atoms with Crippen LogP contribution in [0.2, 0.25) is 0 Å². The van der Waals surface area contributed by atoms with Gasteiger partial charge in [-0.05, 0) is 61.4 Å². The summed E-state index contributed by atoms with van der Waals surface area (Å²) in [6, 6.07) is 20.5. The molecule has 3 aromatic carbocycles. The summed E-state index contributed by atoms with van der Waals surface area (Å²) >= 11 is 0. The van der Waals surface area contributed by atoms with E-state index in [1.165, 1.54) is 12.0 Å². The van der Waals surface area contributed by atoms with Crippen LogP contribution in [0.15, 0.2) is 78.4 Å². The van der Waals surface area contributed by atoms with Crippen molar-refractivity contribution in [2.45, 2.75) is 32.5 Å². The average Bonchev–Trinajstić information content (AvgIpc) is 3.14. The molecule has 7 nitrogen and oxygen atoms in total. The van der Waals surface area contributed by atoms with E-state index in [0.29, 0.717) is 22.6 Å². The number of ether oxygens (including phenoxy) is 3. The summed E-state index contributed by atoms with van der Waals surface area (Å²) < 4.78 is 16.5. The van der Waals surface area contributed by atoms with Crippen molar-refractivity contribution in [1.29, 1.82) is 0 Å². The van der Waals surface area contributed by atoms with Gasteiger partial charge in [-0.3, -0.25) is 9.59 Å². The number of likely N-dealkylation sites (tertiary alicyclic amines) is 1. The van der Waals surface area contributed by atoms with Crippen molar-refractivity contribution in [3.63, 3.8) is 0 Å². The zero-order valence-electron chi connectivity index (χ0n) is 20.7. The molecule has 0 aromatic heterocycles. The number of aliphatic hydroxyl groups is 1. The number of Topliss-reactive ketones (excluding diaryl/α,β-unsaturated/α-hetero) is 1. The van der Waals surface area contributed by atoms with Crippen LogP contribution < -0.4 is 14.2 Å². The maximum absolute atomic E-state index is 13.3. The first-order valence-corrected chi connectivity index (χ1v) is 11.7. The molecule has 0 aliphatic carbocycles. The van der Waals surface area contributed by atoms with Gasteiger partial charge in [-0.25, -0.2) is 0 Å². The summed E-state index contributed by atoms with van der Waals surface area (Å²) in [6.45, 7) is 4.06. The van der Waals surface area contributed by atoms with E-state index in [4.69, 9.17) is 14.2 Å². The monoisotopic (exact) mass is 487 g/mol. The molecule has 1 aliphatic heterocycles. The SMILES string of the molecule is COc1cccc(C2/C(=C(/O)c3ccccc3OC)C(=O)C(=O)N2Cc2ccc(OC(C)C)cc2)c1. The highest BCUT2D eigenvalue weighted by molar-refractivity contribution is 6.46. The maximum Gasteiger partial charge on any atom is 0.295 e. The predicted octanol–water partition coefficient (Wildman–Crippen LogP) is 5.11. The number of nitrogens with zero attached hydrogens (tertiary/aromatic N) is 1. The predicted molar refractivity (Wildman–Crippen MR) is 136 cm³/mol. The first-order chi connectivity index (χ1) is 17.3. The van der Waals surface area contributed by atoms with Crippen LogP contribution in [0.25, 0.3) is 5.76 Å². The van der Waals surface area contributed by atoms with Crippen molar-refractivity contribution in [3.05, 3.63) is 95.1 Å². The van der Waals surface area contributed by atoms with Crippen LogP contribution in [-0.2, 0) is 16.1 Å². The van der Waals surface area contributed by atoms with Gasteiger partial charge in [-0.15, -0.1) is 0 Å². The normalized spacial score (nSPS) is 16.9. The largest absolute Gasteiger partial charge is 0.507 e. The van der Waals surface area contributed by atoms with Crippen LogP contribution in [0.4, 0.5) is 0 Å². The molecule has 1 fully saturated rings. The summed E-state index contributed by atoms with van der Waals surface area (Å²) in [5.74, 6) is -0.0530. The Hall–Kier alpha value is -4.26. The smallest absolute Gasteiger partial charge is 0.295 e. The molecular formula is C29H29NO6. The van der Waals surface area contributed by atoms with E-state index in [2.05, 4.69) is 0 Å². The van der Waals surface area contributed by atoms with Crippen molar-refractivity contribution < 1.29 is 28.9 Å². The average molecular weight is 488 g/mol. The van der Waals surface area contributed by atoms with Gasteiger partial charge in [-0.2, -0.15) is 0 Å². The van der Waals surface area contributed by atoms with Gasteiger partial charge in [0.15, 0.2) is 0 Å². The van der Waals surface area contributed by atoms with E-state index < -0.39 is 17.7 Å². The molecule has 0 radical (unpaired) electrons. The van der Waals surface area contributed by atoms with E-state index >= 15 is 0 Å². The standard InChI is InChI=1S/C29H29NO6/c1-18(2)36-21-14-12-19(13-15-21)17-30-26(20-8-7-9-22(16-20)34-3)25(28(32)29(30)33)27(31)23-10-5-6-11-24(23)35-4/h5-16,18,26,31H,17H2,1-4H3/b27-25-. The number of amides is 1. The number of benzene rings is 3. The Morgan fingerprint density at radius 1 is 0.917 bits per heavy atom. The molecule has 1 aliphatic rings. The Bertz CT molecular complexity index is 1300. The quantitative estimate of drug-likeness (QED) is 0.270. The molecule has 1 atom stereocenters. The lowest BCUT2D eigenvalue weighted by Crippen LogP contribution is -2.29. The Balaban J connectivity index is 1.82. The summed E-state index contributed by atoms with van der Waals surface area (Å²) in [5, 5.41) is 11.3. The zero-order valence-corrected chi connectivity index (χ0v) is 20.7. The van der Waals surface area contributed by atoms with Gasteiger partial charge < -0.3 is 24.2 Å². The number of aliphatic hydroxyl groups excluding tert-OH is 1. The van der Waals surface area contributed by atoms with Crippen LogP contribution in [-0.4, -0.2) is 42.0 Å². The lowest BCUT2D eigenvalue weighted by atomic mass is 9.94. The molecule has 0 spiro atoms. The number of methoxy groups -OCH3 is 2. The van der Waals surface area contributed by atoms with E-state index in [0.717, 1.165) is 11.3 Å². The lowest BCUT2D eigenvalue weighted by Gasteiger charge is -2.26. The molecule has 3 aromatic rings. The second-order valence-corrected chi connectivity index (χ2v) is 8.71. The highest BCUT2D eigenvalue weighted by Gasteiger charge is 2.46. The van der Waals surface area contributed by atoms with Crippen molar-refractivity contribution in [2.75, 3.05) is 14.2 Å². The van der Waals surface area contributed by atoms with Crippen LogP contribution >= 0.6 is 0 Å². The van der Waals surface area contributed by atoms with Crippen molar-refractivity contribution in [1.82, 2.24) is 4.90 Å². The minimum absolute atomic E-state index is 0.00230. The Kier molecular flexibility index (Phi) is 7.29. The van der Waals surface area contributed by atoms with Gasteiger partial charge in [0.2, 0.25) is 0 Å². The summed E-state index contributed by atoms with van der Waals surface area (Å²) in [4.78, 5) is 28.1. The Labute approximate surface area is 210 Å². The third kappa shape index (κ3) is 4.91. The van der Waals surface area contributed by atoms with Gasteiger partial charge in [0.05, 0.1) is 37.5 Å². The number of rotatable bonds is 8. The highest BCUT2D eigenvalue weighted by Crippen LogP contribution is 2.42. The van der Waals surface area contributed by atoms with Crippen LogP contribution in [0.5, 0.6) is 17.2 Å². The zero-order chi connectivity index (χ0) is 25.8. The Morgan fingerprint density at radius 2 is 1.64 bits per heavy atom. The summed E-state index contributed by atoms with van der Waals surface area (Å²) in [5.41, 5.74) is 1.79. The minimum Gasteiger partial charge on any atom is -0.507 e. The lowest BCUT2D eigenvalue weighted by molar-refractivity contribution is -0.140. The highest BCUT2D eigenvalue weighted by atomic mass is 16.5. The van der Waals surface area contributed by atoms with Crippen LogP contribution in [0.3, 0.4) is 0 Å².